The molecule has 0 spiro atoms. The van der Waals surface area contributed by atoms with Gasteiger partial charge in [0.2, 0.25) is 6.33 Å². The van der Waals surface area contributed by atoms with Crippen LogP contribution in [0.15, 0.2) is 97.3 Å². The minimum absolute atomic E-state index is 0.0575. The highest BCUT2D eigenvalue weighted by molar-refractivity contribution is 5.99. The molecule has 0 bridgehead atoms. The van der Waals surface area contributed by atoms with Crippen LogP contribution < -0.4 is 4.98 Å². The van der Waals surface area contributed by atoms with Crippen molar-refractivity contribution < 1.29 is 9.78 Å². The molecule has 0 radical (unpaired) electrons. The predicted molar refractivity (Wildman–Crippen MR) is 98.0 cm³/mol. The Morgan fingerprint density at radius 1 is 0.680 bits per heavy atom. The van der Waals surface area contributed by atoms with Gasteiger partial charge in [0.05, 0.1) is 5.56 Å². The number of aromatic nitrogens is 2. The zero-order chi connectivity index (χ0) is 17.1. The van der Waals surface area contributed by atoms with Crippen LogP contribution in [0, 0.1) is 0 Å². The minimum Gasteiger partial charge on any atom is -0.242 e. The molecular weight excluding hydrogens is 308 g/mol. The van der Waals surface area contributed by atoms with Crippen molar-refractivity contribution in [1.82, 2.24) is 4.57 Å². The van der Waals surface area contributed by atoms with Crippen LogP contribution in [0.1, 0.15) is 10.4 Å². The summed E-state index contributed by atoms with van der Waals surface area (Å²) in [6.45, 7) is 0. The third kappa shape index (κ3) is 2.88. The largest absolute Gasteiger partial charge is 0.346 e. The lowest BCUT2D eigenvalue weighted by Gasteiger charge is -2.04. The highest BCUT2D eigenvalue weighted by Gasteiger charge is 2.26. The highest BCUT2D eigenvalue weighted by Crippen LogP contribution is 2.29. The molecule has 3 aromatic carbocycles. The second-order valence-corrected chi connectivity index (χ2v) is 5.77. The summed E-state index contributed by atoms with van der Waals surface area (Å²) in [5.41, 5.74) is 4.48. The standard InChI is InChI=1S/C22H16N2O/c25-22(19-14-8-3-9-15-19)24-16-23-20(17-10-4-1-5-11-17)21(24)18-12-6-2-7-13-18/h1-16H/p+1. The summed E-state index contributed by atoms with van der Waals surface area (Å²) in [5, 5.41) is 0. The van der Waals surface area contributed by atoms with Crippen LogP contribution in [0.2, 0.25) is 0 Å². The maximum Gasteiger partial charge on any atom is 0.346 e. The number of hydrogen-bond donors (Lipinski definition) is 0. The van der Waals surface area contributed by atoms with Crippen LogP contribution in [-0.4, -0.2) is 10.5 Å². The monoisotopic (exact) mass is 325 g/mol. The van der Waals surface area contributed by atoms with E-state index in [9.17, 15) is 4.79 Å². The molecule has 0 saturated heterocycles. The summed E-state index contributed by atoms with van der Waals surface area (Å²) in [4.78, 5) is 16.3. The van der Waals surface area contributed by atoms with Gasteiger partial charge in [-0.1, -0.05) is 78.9 Å². The van der Waals surface area contributed by atoms with Crippen LogP contribution in [0.25, 0.3) is 22.5 Å². The molecule has 3 heteroatoms. The van der Waals surface area contributed by atoms with Crippen LogP contribution in [0.3, 0.4) is 0 Å². The Morgan fingerprint density at radius 3 is 1.80 bits per heavy atom. The van der Waals surface area contributed by atoms with Crippen molar-refractivity contribution in [3.05, 3.63) is 103 Å². The normalized spacial score (nSPS) is 10.6. The van der Waals surface area contributed by atoms with Crippen molar-refractivity contribution in [2.24, 2.45) is 0 Å². The SMILES string of the molecule is O=C(c1ccccc1)n1c[nH+]c(-c2ccccc2)c1-c1ccccc1. The first-order chi connectivity index (χ1) is 12.3. The quantitative estimate of drug-likeness (QED) is 0.552. The van der Waals surface area contributed by atoms with Gasteiger partial charge >= 0.3 is 5.91 Å². The molecule has 0 atom stereocenters. The van der Waals surface area contributed by atoms with Crippen molar-refractivity contribution in [3.8, 4) is 22.5 Å². The molecule has 25 heavy (non-hydrogen) atoms. The average molecular weight is 325 g/mol. The van der Waals surface area contributed by atoms with Gasteiger partial charge in [0.25, 0.3) is 0 Å². The lowest BCUT2D eigenvalue weighted by atomic mass is 10.0. The van der Waals surface area contributed by atoms with Crippen LogP contribution in [0.4, 0.5) is 0 Å². The molecule has 0 amide bonds. The van der Waals surface area contributed by atoms with Crippen molar-refractivity contribution in [2.75, 3.05) is 0 Å². The number of rotatable bonds is 3. The second-order valence-electron chi connectivity index (χ2n) is 5.77. The molecule has 4 rings (SSSR count). The summed E-state index contributed by atoms with van der Waals surface area (Å²) in [6.07, 6.45) is 1.74. The number of aromatic amines is 1. The lowest BCUT2D eigenvalue weighted by molar-refractivity contribution is -0.363. The summed E-state index contributed by atoms with van der Waals surface area (Å²) in [5.74, 6) is -0.0575. The molecule has 0 fully saturated rings. The smallest absolute Gasteiger partial charge is 0.242 e. The summed E-state index contributed by atoms with van der Waals surface area (Å²) in [7, 11) is 0. The van der Waals surface area contributed by atoms with Gasteiger partial charge in [-0.25, -0.2) is 9.78 Å². The van der Waals surface area contributed by atoms with E-state index in [1.807, 2.05) is 91.0 Å². The Labute approximate surface area is 146 Å². The number of nitrogens with one attached hydrogen (secondary N) is 1. The lowest BCUT2D eigenvalue weighted by Crippen LogP contribution is -2.12. The highest BCUT2D eigenvalue weighted by atomic mass is 16.2. The predicted octanol–water partition coefficient (Wildman–Crippen LogP) is 4.32. The molecule has 1 aromatic heterocycles. The van der Waals surface area contributed by atoms with Gasteiger partial charge in [0.1, 0.15) is 0 Å². The molecule has 1 heterocycles. The second kappa shape index (κ2) is 6.57. The molecule has 1 N–H and O–H groups in total. The number of nitrogens with zero attached hydrogens (tertiary/aromatic N) is 1. The van der Waals surface area contributed by atoms with Crippen LogP contribution >= 0.6 is 0 Å². The van der Waals surface area contributed by atoms with Crippen molar-refractivity contribution in [2.45, 2.75) is 0 Å². The Bertz CT molecular complexity index is 990. The van der Waals surface area contributed by atoms with Gasteiger partial charge in [-0.3, -0.25) is 0 Å². The number of imidazole rings is 1. The molecule has 0 aliphatic rings. The first kappa shape index (κ1) is 15.1. The first-order valence-electron chi connectivity index (χ1n) is 8.18. The number of carbonyl (C=O) groups excluding carboxylic acids is 1. The Morgan fingerprint density at radius 2 is 1.20 bits per heavy atom. The van der Waals surface area contributed by atoms with E-state index in [0.29, 0.717) is 5.56 Å². The summed E-state index contributed by atoms with van der Waals surface area (Å²) in [6, 6.07) is 29.3. The van der Waals surface area contributed by atoms with Gasteiger partial charge in [-0.05, 0) is 12.1 Å². The Balaban J connectivity index is 1.91. The number of hydrogen-bond acceptors (Lipinski definition) is 1. The molecule has 3 nitrogen and oxygen atoms in total. The van der Waals surface area contributed by atoms with E-state index >= 15 is 0 Å². The minimum atomic E-state index is -0.0575. The molecule has 120 valence electrons. The number of benzene rings is 3. The van der Waals surface area contributed by atoms with Crippen LogP contribution in [-0.2, 0) is 0 Å². The Kier molecular flexibility index (Phi) is 3.97. The molecule has 4 aromatic rings. The van der Waals surface area contributed by atoms with E-state index in [2.05, 4.69) is 4.98 Å². The first-order valence-corrected chi connectivity index (χ1v) is 8.18. The molecular formula is C22H17N2O+. The van der Waals surface area contributed by atoms with E-state index in [1.165, 1.54) is 0 Å². The Hall–Kier alpha value is -3.46. The zero-order valence-corrected chi connectivity index (χ0v) is 13.6. The van der Waals surface area contributed by atoms with Crippen molar-refractivity contribution in [1.29, 1.82) is 0 Å². The fraction of sp³-hybridized carbons (Fsp3) is 0. The van der Waals surface area contributed by atoms with Gasteiger partial charge in [-0.2, -0.15) is 4.57 Å². The van der Waals surface area contributed by atoms with E-state index in [4.69, 9.17) is 0 Å². The summed E-state index contributed by atoms with van der Waals surface area (Å²) < 4.78 is 1.69. The molecule has 0 aliphatic carbocycles. The van der Waals surface area contributed by atoms with E-state index in [-0.39, 0.29) is 5.91 Å². The molecule has 0 saturated carbocycles. The van der Waals surface area contributed by atoms with Gasteiger partial charge < -0.3 is 0 Å². The third-order valence-corrected chi connectivity index (χ3v) is 4.16. The van der Waals surface area contributed by atoms with Gasteiger partial charge in [0, 0.05) is 11.1 Å². The fourth-order valence-electron chi connectivity index (χ4n) is 2.97. The van der Waals surface area contributed by atoms with E-state index < -0.39 is 0 Å². The topological polar surface area (TPSA) is 36.1 Å². The van der Waals surface area contributed by atoms with E-state index in [0.717, 1.165) is 22.5 Å². The van der Waals surface area contributed by atoms with Crippen molar-refractivity contribution >= 4 is 5.91 Å². The summed E-state index contributed by atoms with van der Waals surface area (Å²) >= 11 is 0. The van der Waals surface area contributed by atoms with Crippen molar-refractivity contribution in [3.63, 3.8) is 0 Å². The number of carbonyl (C=O) groups is 1. The molecule has 0 aliphatic heterocycles. The maximum absolute atomic E-state index is 13.0. The zero-order valence-electron chi connectivity index (χ0n) is 13.6. The molecule has 0 unspecified atom stereocenters. The van der Waals surface area contributed by atoms with Gasteiger partial charge in [0.15, 0.2) is 11.4 Å². The fourth-order valence-corrected chi connectivity index (χ4v) is 2.97. The maximum atomic E-state index is 13.0. The third-order valence-electron chi connectivity index (χ3n) is 4.16. The average Bonchev–Trinajstić information content (AvgIpc) is 3.14. The number of H-pyrrole nitrogens is 1. The van der Waals surface area contributed by atoms with Crippen LogP contribution in [0.5, 0.6) is 0 Å². The van der Waals surface area contributed by atoms with E-state index in [1.54, 1.807) is 10.9 Å². The van der Waals surface area contributed by atoms with Gasteiger partial charge in [-0.15, -0.1) is 0 Å².